The van der Waals surface area contributed by atoms with Crippen LogP contribution < -0.4 is 9.47 Å². The first-order valence-electron chi connectivity index (χ1n) is 13.6. The van der Waals surface area contributed by atoms with E-state index in [0.29, 0.717) is 41.0 Å². The first-order valence-corrected chi connectivity index (χ1v) is 15.4. The average Bonchev–Trinajstić information content (AvgIpc) is 2.93. The summed E-state index contributed by atoms with van der Waals surface area (Å²) >= 11 is 14.6. The van der Waals surface area contributed by atoms with Crippen molar-refractivity contribution in [1.29, 1.82) is 0 Å². The molecule has 0 fully saturated rings. The third kappa shape index (κ3) is 5.80. The van der Waals surface area contributed by atoms with Crippen molar-refractivity contribution >= 4 is 57.4 Å². The molecule has 6 nitrogen and oxygen atoms in total. The molecule has 0 spiro atoms. The Morgan fingerprint density at radius 3 is 2.23 bits per heavy atom. The standard InChI is InChI=1S/C31H32Cl2INO5/c1-38-13-5-12-35-23-6-3-8-25(36)29(23)28(30-24(35)7-4-9-26(30)37)19-14-22(34)31(27(15-19)39-2)40-17-18-10-11-20(32)16-21(18)33/h10-11,14-16,28H,3-9,12-13,17H2,1-2H3. The highest BCUT2D eigenvalue weighted by Gasteiger charge is 2.43. The van der Waals surface area contributed by atoms with Crippen molar-refractivity contribution in [3.63, 3.8) is 0 Å². The van der Waals surface area contributed by atoms with Crippen LogP contribution in [0.2, 0.25) is 10.0 Å². The molecule has 0 radical (unpaired) electrons. The molecule has 0 unspecified atom stereocenters. The van der Waals surface area contributed by atoms with E-state index in [1.807, 2.05) is 18.2 Å². The van der Waals surface area contributed by atoms with Crippen molar-refractivity contribution in [2.24, 2.45) is 0 Å². The molecule has 0 bridgehead atoms. The lowest BCUT2D eigenvalue weighted by Gasteiger charge is -2.44. The lowest BCUT2D eigenvalue weighted by atomic mass is 9.71. The first-order chi connectivity index (χ1) is 19.3. The summed E-state index contributed by atoms with van der Waals surface area (Å²) in [5, 5.41) is 1.09. The second-order valence-electron chi connectivity index (χ2n) is 10.3. The van der Waals surface area contributed by atoms with Crippen LogP contribution in [0.5, 0.6) is 11.5 Å². The highest BCUT2D eigenvalue weighted by molar-refractivity contribution is 14.1. The first kappa shape index (κ1) is 29.4. The molecule has 9 heteroatoms. The van der Waals surface area contributed by atoms with Gasteiger partial charge in [0.05, 0.1) is 10.7 Å². The number of ether oxygens (including phenoxy) is 3. The Labute approximate surface area is 258 Å². The van der Waals surface area contributed by atoms with Gasteiger partial charge < -0.3 is 19.1 Å². The van der Waals surface area contributed by atoms with E-state index in [1.54, 1.807) is 26.4 Å². The number of carbonyl (C=O) groups is 2. The van der Waals surface area contributed by atoms with Crippen LogP contribution in [0, 0.1) is 3.57 Å². The van der Waals surface area contributed by atoms with Gasteiger partial charge in [0.2, 0.25) is 0 Å². The molecule has 1 heterocycles. The van der Waals surface area contributed by atoms with Crippen LogP contribution in [0.25, 0.3) is 0 Å². The minimum Gasteiger partial charge on any atom is -0.493 e. The molecule has 2 aromatic carbocycles. The molecule has 40 heavy (non-hydrogen) atoms. The Morgan fingerprint density at radius 1 is 0.950 bits per heavy atom. The molecule has 0 aromatic heterocycles. The maximum atomic E-state index is 13.6. The van der Waals surface area contributed by atoms with Gasteiger partial charge in [0, 0.05) is 77.2 Å². The summed E-state index contributed by atoms with van der Waals surface area (Å²) in [4.78, 5) is 29.4. The molecule has 0 amide bonds. The molecule has 0 saturated carbocycles. The fraction of sp³-hybridized carbons (Fsp3) is 0.419. The summed E-state index contributed by atoms with van der Waals surface area (Å²) in [6, 6.07) is 9.24. The van der Waals surface area contributed by atoms with Crippen LogP contribution >= 0.6 is 45.8 Å². The molecule has 0 saturated heterocycles. The zero-order chi connectivity index (χ0) is 28.4. The van der Waals surface area contributed by atoms with Crippen molar-refractivity contribution in [2.75, 3.05) is 27.4 Å². The minimum atomic E-state index is -0.411. The highest BCUT2D eigenvalue weighted by Crippen LogP contribution is 2.50. The molecule has 0 N–H and O–H groups in total. The molecular weight excluding hydrogens is 664 g/mol. The fourth-order valence-electron chi connectivity index (χ4n) is 6.02. The van der Waals surface area contributed by atoms with E-state index < -0.39 is 5.92 Å². The summed E-state index contributed by atoms with van der Waals surface area (Å²) in [5.41, 5.74) is 5.34. The van der Waals surface area contributed by atoms with E-state index in [1.165, 1.54) is 0 Å². The number of halogens is 3. The van der Waals surface area contributed by atoms with Gasteiger partial charge in [0.15, 0.2) is 23.1 Å². The summed E-state index contributed by atoms with van der Waals surface area (Å²) in [6.07, 6.45) is 5.11. The zero-order valence-electron chi connectivity index (χ0n) is 22.7. The van der Waals surface area contributed by atoms with E-state index in [-0.39, 0.29) is 18.2 Å². The van der Waals surface area contributed by atoms with Gasteiger partial charge in [-0.05, 0) is 84.5 Å². The summed E-state index contributed by atoms with van der Waals surface area (Å²) < 4.78 is 18.1. The summed E-state index contributed by atoms with van der Waals surface area (Å²) in [7, 11) is 3.30. The molecule has 1 aliphatic heterocycles. The zero-order valence-corrected chi connectivity index (χ0v) is 26.3. The fourth-order valence-corrected chi connectivity index (χ4v) is 7.27. The van der Waals surface area contributed by atoms with Gasteiger partial charge in [0.1, 0.15) is 6.61 Å². The van der Waals surface area contributed by atoms with Crippen molar-refractivity contribution in [2.45, 2.75) is 57.5 Å². The smallest absolute Gasteiger partial charge is 0.174 e. The van der Waals surface area contributed by atoms with Crippen molar-refractivity contribution in [3.05, 3.63) is 77.6 Å². The number of nitrogens with zero attached hydrogens (tertiary/aromatic N) is 1. The molecule has 3 aliphatic rings. The van der Waals surface area contributed by atoms with Crippen LogP contribution in [0.4, 0.5) is 0 Å². The maximum absolute atomic E-state index is 13.6. The van der Waals surface area contributed by atoms with E-state index in [4.69, 9.17) is 37.4 Å². The lowest BCUT2D eigenvalue weighted by molar-refractivity contribution is -0.117. The number of hydrogen-bond acceptors (Lipinski definition) is 6. The second kappa shape index (κ2) is 12.8. The number of methoxy groups -OCH3 is 2. The minimum absolute atomic E-state index is 0.125. The largest absolute Gasteiger partial charge is 0.493 e. The molecule has 2 aliphatic carbocycles. The normalized spacial score (nSPS) is 17.8. The average molecular weight is 696 g/mol. The maximum Gasteiger partial charge on any atom is 0.174 e. The number of ketones is 2. The molecule has 2 aromatic rings. The third-order valence-corrected chi connectivity index (χ3v) is 9.18. The van der Waals surface area contributed by atoms with E-state index in [9.17, 15) is 9.59 Å². The Morgan fingerprint density at radius 2 is 1.62 bits per heavy atom. The van der Waals surface area contributed by atoms with Gasteiger partial charge in [-0.2, -0.15) is 0 Å². The van der Waals surface area contributed by atoms with Gasteiger partial charge in [-0.15, -0.1) is 0 Å². The Kier molecular flexibility index (Phi) is 9.45. The molecule has 212 valence electrons. The van der Waals surface area contributed by atoms with Gasteiger partial charge in [-0.1, -0.05) is 29.3 Å². The monoisotopic (exact) mass is 695 g/mol. The van der Waals surface area contributed by atoms with Crippen LogP contribution in [-0.4, -0.2) is 43.8 Å². The highest BCUT2D eigenvalue weighted by atomic mass is 127. The van der Waals surface area contributed by atoms with Crippen LogP contribution in [-0.2, 0) is 20.9 Å². The quantitative estimate of drug-likeness (QED) is 0.199. The van der Waals surface area contributed by atoms with Crippen molar-refractivity contribution in [1.82, 2.24) is 4.90 Å². The number of carbonyl (C=O) groups excluding carboxylic acids is 2. The predicted molar refractivity (Wildman–Crippen MR) is 164 cm³/mol. The SMILES string of the molecule is COCCCN1C2=C(C(=O)CCC2)C(c2cc(I)c(OCc3ccc(Cl)cc3Cl)c(OC)c2)C2=C1CCCC2=O. The summed E-state index contributed by atoms with van der Waals surface area (Å²) in [5.74, 6) is 0.971. The van der Waals surface area contributed by atoms with Gasteiger partial charge in [-0.3, -0.25) is 9.59 Å². The van der Waals surface area contributed by atoms with Gasteiger partial charge in [0.25, 0.3) is 0 Å². The number of Topliss-reactive ketones (excluding diaryl/α,β-unsaturated/α-hetero) is 2. The van der Waals surface area contributed by atoms with Crippen molar-refractivity contribution in [3.8, 4) is 11.5 Å². The number of allylic oxidation sites excluding steroid dienone is 4. The van der Waals surface area contributed by atoms with E-state index in [2.05, 4.69) is 27.5 Å². The Balaban J connectivity index is 1.57. The van der Waals surface area contributed by atoms with E-state index >= 15 is 0 Å². The second-order valence-corrected chi connectivity index (χ2v) is 12.3. The van der Waals surface area contributed by atoms with Crippen molar-refractivity contribution < 1.29 is 23.8 Å². The van der Waals surface area contributed by atoms with Gasteiger partial charge >= 0.3 is 0 Å². The number of benzene rings is 2. The Bertz CT molecular complexity index is 1360. The van der Waals surface area contributed by atoms with Crippen LogP contribution in [0.3, 0.4) is 0 Å². The lowest BCUT2D eigenvalue weighted by Crippen LogP contribution is -2.39. The third-order valence-electron chi connectivity index (χ3n) is 7.79. The number of rotatable bonds is 9. The topological polar surface area (TPSA) is 65.1 Å². The molecular formula is C31H32Cl2INO5. The summed E-state index contributed by atoms with van der Waals surface area (Å²) in [6.45, 7) is 1.61. The van der Waals surface area contributed by atoms with Crippen LogP contribution in [0.1, 0.15) is 62.0 Å². The molecule has 5 rings (SSSR count). The van der Waals surface area contributed by atoms with Gasteiger partial charge in [-0.25, -0.2) is 0 Å². The molecule has 0 atom stereocenters. The Hall–Kier alpha value is -2.07. The van der Waals surface area contributed by atoms with Crippen LogP contribution in [0.15, 0.2) is 52.9 Å². The van der Waals surface area contributed by atoms with E-state index in [0.717, 1.165) is 75.9 Å². The predicted octanol–water partition coefficient (Wildman–Crippen LogP) is 7.64. The number of hydrogen-bond donors (Lipinski definition) is 0.